The third-order valence-electron chi connectivity index (χ3n) is 2.94. The van der Waals surface area contributed by atoms with E-state index < -0.39 is 0 Å². The zero-order chi connectivity index (χ0) is 15.1. The highest BCUT2D eigenvalue weighted by Gasteiger charge is 2.08. The van der Waals surface area contributed by atoms with Crippen LogP contribution in [0.4, 0.5) is 5.69 Å². The van der Waals surface area contributed by atoms with E-state index in [0.29, 0.717) is 17.9 Å². The number of aliphatic hydroxyl groups excluding tert-OH is 1. The summed E-state index contributed by atoms with van der Waals surface area (Å²) in [5, 5.41) is 11.6. The maximum atomic E-state index is 11.8. The zero-order valence-electron chi connectivity index (χ0n) is 12.0. The Morgan fingerprint density at radius 3 is 2.76 bits per heavy atom. The average molecular weight is 285 g/mol. The van der Waals surface area contributed by atoms with Gasteiger partial charge in [0.2, 0.25) is 5.91 Å². The molecule has 2 rings (SSSR count). The molecule has 0 heterocycles. The topological polar surface area (TPSA) is 58.6 Å². The molecule has 0 aliphatic rings. The third kappa shape index (κ3) is 4.61. The molecule has 0 saturated carbocycles. The maximum Gasteiger partial charge on any atom is 0.224 e. The molecule has 4 heteroatoms. The number of aryl methyl sites for hydroxylation is 1. The van der Waals surface area contributed by atoms with Crippen molar-refractivity contribution in [1.29, 1.82) is 0 Å². The molecular formula is C17H19NO3. The highest BCUT2D eigenvalue weighted by molar-refractivity contribution is 5.92. The Morgan fingerprint density at radius 1 is 1.19 bits per heavy atom. The molecule has 0 fully saturated rings. The summed E-state index contributed by atoms with van der Waals surface area (Å²) in [6.45, 7) is 2.00. The van der Waals surface area contributed by atoms with Crippen molar-refractivity contribution in [1.82, 2.24) is 0 Å². The van der Waals surface area contributed by atoms with Crippen molar-refractivity contribution in [3.63, 3.8) is 0 Å². The monoisotopic (exact) mass is 285 g/mol. The Morgan fingerprint density at radius 2 is 2.00 bits per heavy atom. The van der Waals surface area contributed by atoms with Crippen LogP contribution in [0.25, 0.3) is 0 Å². The molecule has 0 aliphatic carbocycles. The Balaban J connectivity index is 2.11. The lowest BCUT2D eigenvalue weighted by Gasteiger charge is -2.12. The van der Waals surface area contributed by atoms with E-state index in [4.69, 9.17) is 9.84 Å². The largest absolute Gasteiger partial charge is 0.455 e. The summed E-state index contributed by atoms with van der Waals surface area (Å²) in [6, 6.07) is 15.0. The van der Waals surface area contributed by atoms with Crippen LogP contribution in [0.1, 0.15) is 18.4 Å². The fraction of sp³-hybridized carbons (Fsp3) is 0.235. The summed E-state index contributed by atoms with van der Waals surface area (Å²) >= 11 is 0. The molecule has 2 aromatic carbocycles. The number of hydrogen-bond acceptors (Lipinski definition) is 3. The van der Waals surface area contributed by atoms with E-state index in [-0.39, 0.29) is 18.9 Å². The van der Waals surface area contributed by atoms with Gasteiger partial charge in [-0.25, -0.2) is 0 Å². The predicted octanol–water partition coefficient (Wildman–Crippen LogP) is 3.50. The summed E-state index contributed by atoms with van der Waals surface area (Å²) < 4.78 is 5.83. The van der Waals surface area contributed by atoms with Gasteiger partial charge in [0.15, 0.2) is 5.75 Å². The van der Waals surface area contributed by atoms with Crippen LogP contribution < -0.4 is 10.1 Å². The molecule has 21 heavy (non-hydrogen) atoms. The number of carbonyl (C=O) groups excluding carboxylic acids is 1. The van der Waals surface area contributed by atoms with Gasteiger partial charge in [-0.15, -0.1) is 0 Å². The number of benzene rings is 2. The molecule has 2 N–H and O–H groups in total. The Bertz CT molecular complexity index is 610. The fourth-order valence-corrected chi connectivity index (χ4v) is 1.92. The molecule has 0 aromatic heterocycles. The van der Waals surface area contributed by atoms with E-state index in [1.807, 2.05) is 49.4 Å². The molecule has 2 aromatic rings. The van der Waals surface area contributed by atoms with Gasteiger partial charge < -0.3 is 15.2 Å². The van der Waals surface area contributed by atoms with E-state index in [2.05, 4.69) is 5.32 Å². The highest BCUT2D eigenvalue weighted by atomic mass is 16.5. The van der Waals surface area contributed by atoms with Gasteiger partial charge in [0.05, 0.1) is 5.69 Å². The maximum absolute atomic E-state index is 11.8. The first kappa shape index (κ1) is 15.1. The standard InChI is InChI=1S/C17H19NO3/c1-13-6-4-7-14(12-13)21-16-9-3-2-8-15(16)18-17(20)10-5-11-19/h2-4,6-9,12,19H,5,10-11H2,1H3,(H,18,20). The van der Waals surface area contributed by atoms with Gasteiger partial charge in [-0.3, -0.25) is 4.79 Å². The first-order valence-electron chi connectivity index (χ1n) is 6.93. The van der Waals surface area contributed by atoms with Crippen LogP contribution >= 0.6 is 0 Å². The number of rotatable bonds is 6. The van der Waals surface area contributed by atoms with Crippen molar-refractivity contribution >= 4 is 11.6 Å². The highest BCUT2D eigenvalue weighted by Crippen LogP contribution is 2.29. The van der Waals surface area contributed by atoms with Gasteiger partial charge in [-0.1, -0.05) is 24.3 Å². The molecule has 0 bridgehead atoms. The van der Waals surface area contributed by atoms with E-state index in [1.165, 1.54) is 0 Å². The van der Waals surface area contributed by atoms with Crippen molar-refractivity contribution in [2.75, 3.05) is 11.9 Å². The van der Waals surface area contributed by atoms with Crippen molar-refractivity contribution in [3.8, 4) is 11.5 Å². The molecular weight excluding hydrogens is 266 g/mol. The molecule has 1 amide bonds. The number of hydrogen-bond donors (Lipinski definition) is 2. The van der Waals surface area contributed by atoms with Crippen molar-refractivity contribution in [2.24, 2.45) is 0 Å². The van der Waals surface area contributed by atoms with E-state index in [9.17, 15) is 4.79 Å². The Labute approximate surface area is 124 Å². The summed E-state index contributed by atoms with van der Waals surface area (Å²) in [7, 11) is 0. The van der Waals surface area contributed by atoms with Crippen molar-refractivity contribution < 1.29 is 14.6 Å². The lowest BCUT2D eigenvalue weighted by Crippen LogP contribution is -2.12. The number of nitrogens with one attached hydrogen (secondary N) is 1. The number of aliphatic hydroxyl groups is 1. The quantitative estimate of drug-likeness (QED) is 0.854. The molecule has 0 aliphatic heterocycles. The fourth-order valence-electron chi connectivity index (χ4n) is 1.92. The minimum Gasteiger partial charge on any atom is -0.455 e. The number of amides is 1. The average Bonchev–Trinajstić information content (AvgIpc) is 2.47. The molecule has 0 saturated heterocycles. The first-order valence-corrected chi connectivity index (χ1v) is 6.93. The van der Waals surface area contributed by atoms with Gasteiger partial charge in [0.25, 0.3) is 0 Å². The molecule has 0 spiro atoms. The van der Waals surface area contributed by atoms with Crippen LogP contribution in [0.5, 0.6) is 11.5 Å². The smallest absolute Gasteiger partial charge is 0.224 e. The van der Waals surface area contributed by atoms with Gasteiger partial charge in [-0.05, 0) is 43.2 Å². The van der Waals surface area contributed by atoms with Gasteiger partial charge in [0.1, 0.15) is 5.75 Å². The predicted molar refractivity (Wildman–Crippen MR) is 82.6 cm³/mol. The van der Waals surface area contributed by atoms with Crippen molar-refractivity contribution in [3.05, 3.63) is 54.1 Å². The van der Waals surface area contributed by atoms with E-state index >= 15 is 0 Å². The molecule has 0 radical (unpaired) electrons. The van der Waals surface area contributed by atoms with Crippen LogP contribution in [0, 0.1) is 6.92 Å². The normalized spacial score (nSPS) is 10.2. The lowest BCUT2D eigenvalue weighted by molar-refractivity contribution is -0.116. The first-order chi connectivity index (χ1) is 10.2. The van der Waals surface area contributed by atoms with E-state index in [1.54, 1.807) is 6.07 Å². The minimum absolute atomic E-state index is 0.00879. The minimum atomic E-state index is -0.135. The van der Waals surface area contributed by atoms with Gasteiger partial charge in [-0.2, -0.15) is 0 Å². The van der Waals surface area contributed by atoms with Crippen molar-refractivity contribution in [2.45, 2.75) is 19.8 Å². The molecule has 110 valence electrons. The van der Waals surface area contributed by atoms with Crippen LogP contribution in [0.2, 0.25) is 0 Å². The van der Waals surface area contributed by atoms with Crippen LogP contribution in [0.3, 0.4) is 0 Å². The zero-order valence-corrected chi connectivity index (χ0v) is 12.0. The SMILES string of the molecule is Cc1cccc(Oc2ccccc2NC(=O)CCCO)c1. The molecule has 0 atom stereocenters. The summed E-state index contributed by atoms with van der Waals surface area (Å²) in [5.74, 6) is 1.19. The third-order valence-corrected chi connectivity index (χ3v) is 2.94. The number of carbonyl (C=O) groups is 1. The second-order valence-electron chi connectivity index (χ2n) is 4.79. The number of anilines is 1. The van der Waals surface area contributed by atoms with Crippen LogP contribution in [-0.2, 0) is 4.79 Å². The van der Waals surface area contributed by atoms with Crippen LogP contribution in [-0.4, -0.2) is 17.6 Å². The lowest BCUT2D eigenvalue weighted by atomic mass is 10.2. The Kier molecular flexibility index (Phi) is 5.35. The number of para-hydroxylation sites is 2. The summed E-state index contributed by atoms with van der Waals surface area (Å²) in [5.41, 5.74) is 1.74. The molecule has 4 nitrogen and oxygen atoms in total. The van der Waals surface area contributed by atoms with E-state index in [0.717, 1.165) is 11.3 Å². The van der Waals surface area contributed by atoms with Gasteiger partial charge >= 0.3 is 0 Å². The summed E-state index contributed by atoms with van der Waals surface area (Å²) in [4.78, 5) is 11.8. The number of ether oxygens (including phenoxy) is 1. The molecule has 0 unspecified atom stereocenters. The Hall–Kier alpha value is -2.33. The van der Waals surface area contributed by atoms with Gasteiger partial charge in [0, 0.05) is 13.0 Å². The summed E-state index contributed by atoms with van der Waals surface area (Å²) in [6.07, 6.45) is 0.738. The second kappa shape index (κ2) is 7.45. The second-order valence-corrected chi connectivity index (χ2v) is 4.79. The van der Waals surface area contributed by atoms with Crippen LogP contribution in [0.15, 0.2) is 48.5 Å².